The fourth-order valence-corrected chi connectivity index (χ4v) is 2.49. The van der Waals surface area contributed by atoms with Crippen molar-refractivity contribution in [1.29, 1.82) is 0 Å². The van der Waals surface area contributed by atoms with Crippen LogP contribution in [0.4, 0.5) is 10.2 Å². The Morgan fingerprint density at radius 3 is 2.67 bits per heavy atom. The molecule has 3 aromatic rings. The molecule has 0 radical (unpaired) electrons. The molecule has 0 spiro atoms. The first-order valence-electron chi connectivity index (χ1n) is 7.31. The molecule has 0 aliphatic carbocycles. The molecule has 0 unspecified atom stereocenters. The van der Waals surface area contributed by atoms with Gasteiger partial charge < -0.3 is 10.6 Å². The van der Waals surface area contributed by atoms with Gasteiger partial charge in [-0.15, -0.1) is 0 Å². The summed E-state index contributed by atoms with van der Waals surface area (Å²) >= 11 is 3.33. The lowest BCUT2D eigenvalue weighted by Gasteiger charge is -2.09. The number of aromatic nitrogens is 2. The summed E-state index contributed by atoms with van der Waals surface area (Å²) in [6, 6.07) is 11.5. The Labute approximate surface area is 146 Å². The number of carbonyl (C=O) groups is 1. The minimum atomic E-state index is -0.344. The maximum Gasteiger partial charge on any atom is 0.251 e. The Kier molecular flexibility index (Phi) is 5.00. The van der Waals surface area contributed by atoms with Crippen LogP contribution in [0, 0.1) is 5.82 Å². The van der Waals surface area contributed by atoms with Crippen molar-refractivity contribution in [3.05, 3.63) is 64.6 Å². The van der Waals surface area contributed by atoms with Crippen LogP contribution in [0.1, 0.15) is 10.4 Å². The van der Waals surface area contributed by atoms with Crippen LogP contribution in [-0.4, -0.2) is 29.0 Å². The van der Waals surface area contributed by atoms with Gasteiger partial charge in [-0.25, -0.2) is 14.4 Å². The van der Waals surface area contributed by atoms with Crippen LogP contribution >= 0.6 is 15.9 Å². The van der Waals surface area contributed by atoms with Crippen LogP contribution < -0.4 is 10.6 Å². The summed E-state index contributed by atoms with van der Waals surface area (Å²) in [7, 11) is 0. The third-order valence-electron chi connectivity index (χ3n) is 3.41. The summed E-state index contributed by atoms with van der Waals surface area (Å²) < 4.78 is 14.3. The first-order valence-corrected chi connectivity index (χ1v) is 8.11. The van der Waals surface area contributed by atoms with Crippen molar-refractivity contribution in [3.63, 3.8) is 0 Å². The standard InChI is InChI=1S/C17H14BrFN4O/c18-12-3-1-11(2-4-12)17(24)21-8-7-20-16-14-9-13(19)5-6-15(14)22-10-23-16/h1-6,9-10H,7-8H2,(H,21,24)(H,20,22,23). The van der Waals surface area contributed by atoms with Gasteiger partial charge in [0.25, 0.3) is 5.91 Å². The first kappa shape index (κ1) is 16.3. The Morgan fingerprint density at radius 1 is 1.08 bits per heavy atom. The van der Waals surface area contributed by atoms with E-state index in [4.69, 9.17) is 0 Å². The second-order valence-electron chi connectivity index (χ2n) is 5.07. The molecule has 0 fully saturated rings. The van der Waals surface area contributed by atoms with Crippen LogP contribution in [0.25, 0.3) is 10.9 Å². The molecule has 5 nitrogen and oxygen atoms in total. The Morgan fingerprint density at radius 2 is 1.88 bits per heavy atom. The molecular formula is C17H14BrFN4O. The van der Waals surface area contributed by atoms with Crippen LogP contribution in [0.2, 0.25) is 0 Å². The molecular weight excluding hydrogens is 375 g/mol. The Hall–Kier alpha value is -2.54. The monoisotopic (exact) mass is 388 g/mol. The smallest absolute Gasteiger partial charge is 0.251 e. The van der Waals surface area contributed by atoms with Crippen LogP contribution in [0.3, 0.4) is 0 Å². The molecule has 2 N–H and O–H groups in total. The maximum absolute atomic E-state index is 13.4. The van der Waals surface area contributed by atoms with E-state index in [9.17, 15) is 9.18 Å². The van der Waals surface area contributed by atoms with Crippen LogP contribution in [-0.2, 0) is 0 Å². The molecule has 0 atom stereocenters. The number of anilines is 1. The Bertz CT molecular complexity index is 870. The second kappa shape index (κ2) is 7.35. The van der Waals surface area contributed by atoms with Crippen molar-refractivity contribution in [2.75, 3.05) is 18.4 Å². The largest absolute Gasteiger partial charge is 0.368 e. The van der Waals surface area contributed by atoms with Gasteiger partial charge in [0.1, 0.15) is 18.0 Å². The van der Waals surface area contributed by atoms with Crippen molar-refractivity contribution in [2.24, 2.45) is 0 Å². The van der Waals surface area contributed by atoms with Gasteiger partial charge in [0.2, 0.25) is 0 Å². The molecule has 1 heterocycles. The van der Waals surface area contributed by atoms with Gasteiger partial charge in [-0.3, -0.25) is 4.79 Å². The van der Waals surface area contributed by atoms with Gasteiger partial charge in [0.05, 0.1) is 5.52 Å². The number of fused-ring (bicyclic) bond motifs is 1. The van der Waals surface area contributed by atoms with E-state index in [-0.39, 0.29) is 11.7 Å². The number of amides is 1. The summed E-state index contributed by atoms with van der Waals surface area (Å²) in [4.78, 5) is 20.2. The van der Waals surface area contributed by atoms with Gasteiger partial charge in [0.15, 0.2) is 0 Å². The fraction of sp³-hybridized carbons (Fsp3) is 0.118. The minimum absolute atomic E-state index is 0.150. The zero-order valence-electron chi connectivity index (χ0n) is 12.6. The number of nitrogens with one attached hydrogen (secondary N) is 2. The zero-order chi connectivity index (χ0) is 16.9. The quantitative estimate of drug-likeness (QED) is 0.657. The van der Waals surface area contributed by atoms with Gasteiger partial charge >= 0.3 is 0 Å². The second-order valence-corrected chi connectivity index (χ2v) is 5.99. The van der Waals surface area contributed by atoms with Crippen molar-refractivity contribution in [1.82, 2.24) is 15.3 Å². The number of nitrogens with zero attached hydrogens (tertiary/aromatic N) is 2. The molecule has 3 rings (SSSR count). The topological polar surface area (TPSA) is 66.9 Å². The SMILES string of the molecule is O=C(NCCNc1ncnc2ccc(F)cc12)c1ccc(Br)cc1. The summed E-state index contributed by atoms with van der Waals surface area (Å²) in [5, 5.41) is 6.51. The first-order chi connectivity index (χ1) is 11.6. The highest BCUT2D eigenvalue weighted by molar-refractivity contribution is 9.10. The molecule has 2 aromatic carbocycles. The number of hydrogen-bond acceptors (Lipinski definition) is 4. The van der Waals surface area contributed by atoms with E-state index >= 15 is 0 Å². The molecule has 0 saturated heterocycles. The highest BCUT2D eigenvalue weighted by Crippen LogP contribution is 2.19. The van der Waals surface area contributed by atoms with Crippen LogP contribution in [0.5, 0.6) is 0 Å². The molecule has 122 valence electrons. The van der Waals surface area contributed by atoms with Crippen molar-refractivity contribution < 1.29 is 9.18 Å². The maximum atomic E-state index is 13.4. The predicted octanol–water partition coefficient (Wildman–Crippen LogP) is 3.37. The number of hydrogen-bond donors (Lipinski definition) is 2. The third kappa shape index (κ3) is 3.86. The lowest BCUT2D eigenvalue weighted by Crippen LogP contribution is -2.28. The van der Waals surface area contributed by atoms with Crippen molar-refractivity contribution in [2.45, 2.75) is 0 Å². The van der Waals surface area contributed by atoms with Gasteiger partial charge in [-0.1, -0.05) is 15.9 Å². The highest BCUT2D eigenvalue weighted by Gasteiger charge is 2.06. The lowest BCUT2D eigenvalue weighted by molar-refractivity contribution is 0.0955. The molecule has 0 aliphatic rings. The van der Waals surface area contributed by atoms with Crippen LogP contribution in [0.15, 0.2) is 53.3 Å². The van der Waals surface area contributed by atoms with Crippen molar-refractivity contribution in [3.8, 4) is 0 Å². The van der Waals surface area contributed by atoms with Crippen molar-refractivity contribution >= 4 is 38.6 Å². The predicted molar refractivity (Wildman–Crippen MR) is 94.5 cm³/mol. The van der Waals surface area contributed by atoms with E-state index in [2.05, 4.69) is 36.5 Å². The molecule has 0 aliphatic heterocycles. The Balaban J connectivity index is 1.58. The van der Waals surface area contributed by atoms with E-state index in [1.165, 1.54) is 18.5 Å². The number of halogens is 2. The van der Waals surface area contributed by atoms with Gasteiger partial charge in [0, 0.05) is 28.5 Å². The van der Waals surface area contributed by atoms with Gasteiger partial charge in [-0.2, -0.15) is 0 Å². The average Bonchev–Trinajstić information content (AvgIpc) is 2.59. The van der Waals surface area contributed by atoms with E-state index in [1.807, 2.05) is 12.1 Å². The molecule has 1 amide bonds. The summed E-state index contributed by atoms with van der Waals surface area (Å²) in [6.45, 7) is 0.876. The summed E-state index contributed by atoms with van der Waals surface area (Å²) in [5.41, 5.74) is 1.25. The summed E-state index contributed by atoms with van der Waals surface area (Å²) in [5.74, 6) is 0.0455. The average molecular weight is 389 g/mol. The molecule has 0 saturated carbocycles. The minimum Gasteiger partial charge on any atom is -0.368 e. The normalized spacial score (nSPS) is 10.6. The molecule has 1 aromatic heterocycles. The molecule has 7 heteroatoms. The summed E-state index contributed by atoms with van der Waals surface area (Å²) in [6.07, 6.45) is 1.42. The third-order valence-corrected chi connectivity index (χ3v) is 3.94. The molecule has 0 bridgehead atoms. The number of benzene rings is 2. The highest BCUT2D eigenvalue weighted by atomic mass is 79.9. The van der Waals surface area contributed by atoms with E-state index in [0.717, 1.165) is 4.47 Å². The lowest BCUT2D eigenvalue weighted by atomic mass is 10.2. The number of carbonyl (C=O) groups excluding carboxylic acids is 1. The zero-order valence-corrected chi connectivity index (χ0v) is 14.2. The van der Waals surface area contributed by atoms with Gasteiger partial charge in [-0.05, 0) is 42.5 Å². The number of rotatable bonds is 5. The van der Waals surface area contributed by atoms with E-state index in [0.29, 0.717) is 35.4 Å². The van der Waals surface area contributed by atoms with E-state index in [1.54, 1.807) is 18.2 Å². The molecule has 24 heavy (non-hydrogen) atoms. The fourth-order valence-electron chi connectivity index (χ4n) is 2.23. The van der Waals surface area contributed by atoms with E-state index < -0.39 is 0 Å².